The molecule has 198 valence electrons. The maximum Gasteiger partial charge on any atom is 0.273 e. The van der Waals surface area contributed by atoms with Crippen LogP contribution in [-0.4, -0.2) is 65.7 Å². The summed E-state index contributed by atoms with van der Waals surface area (Å²) >= 11 is 0. The summed E-state index contributed by atoms with van der Waals surface area (Å²) in [6, 6.07) is 17.4. The smallest absolute Gasteiger partial charge is 0.273 e. The fourth-order valence-electron chi connectivity index (χ4n) is 3.93. The third-order valence-electron chi connectivity index (χ3n) is 6.01. The predicted molar refractivity (Wildman–Crippen MR) is 145 cm³/mol. The standard InChI is InChI=1S/C28H30N4O6/c1-35-22-8-4-19(5-9-22)18-29-31-28(34)23-17-21(32-12-14-38-15-13-32)7-10-24(23)30-27(33)20-6-11-25(36-2)26(16-20)37-3/h4-11,16-18H,12-15H2,1-3H3,(H,30,33)(H,31,34)/b29-18+. The van der Waals surface area contributed by atoms with E-state index in [0.29, 0.717) is 49.1 Å². The highest BCUT2D eigenvalue weighted by Crippen LogP contribution is 2.29. The Morgan fingerprint density at radius 2 is 1.61 bits per heavy atom. The van der Waals surface area contributed by atoms with Crippen molar-refractivity contribution in [2.45, 2.75) is 0 Å². The monoisotopic (exact) mass is 518 g/mol. The zero-order valence-electron chi connectivity index (χ0n) is 21.5. The van der Waals surface area contributed by atoms with Crippen molar-refractivity contribution in [2.75, 3.05) is 57.8 Å². The number of nitrogens with zero attached hydrogens (tertiary/aromatic N) is 2. The van der Waals surface area contributed by atoms with Gasteiger partial charge in [-0.1, -0.05) is 0 Å². The van der Waals surface area contributed by atoms with E-state index < -0.39 is 11.8 Å². The third kappa shape index (κ3) is 6.40. The van der Waals surface area contributed by atoms with Crippen molar-refractivity contribution >= 4 is 29.4 Å². The van der Waals surface area contributed by atoms with E-state index in [2.05, 4.69) is 20.7 Å². The molecule has 10 nitrogen and oxygen atoms in total. The van der Waals surface area contributed by atoms with Gasteiger partial charge in [0.05, 0.1) is 52.0 Å². The lowest BCUT2D eigenvalue weighted by Crippen LogP contribution is -2.36. The summed E-state index contributed by atoms with van der Waals surface area (Å²) in [5.41, 5.74) is 5.17. The van der Waals surface area contributed by atoms with Crippen LogP contribution in [0.1, 0.15) is 26.3 Å². The second-order valence-corrected chi connectivity index (χ2v) is 8.33. The Bertz CT molecular complexity index is 1300. The molecule has 0 unspecified atom stereocenters. The summed E-state index contributed by atoms with van der Waals surface area (Å²) < 4.78 is 21.2. The molecule has 1 fully saturated rings. The van der Waals surface area contributed by atoms with Crippen molar-refractivity contribution in [3.8, 4) is 17.2 Å². The molecule has 0 spiro atoms. The minimum Gasteiger partial charge on any atom is -0.497 e. The molecule has 1 aliphatic rings. The van der Waals surface area contributed by atoms with Crippen LogP contribution in [0.15, 0.2) is 65.8 Å². The number of hydrazone groups is 1. The van der Waals surface area contributed by atoms with Crippen molar-refractivity contribution in [1.82, 2.24) is 5.43 Å². The molecule has 0 aromatic heterocycles. The maximum atomic E-state index is 13.2. The number of rotatable bonds is 9. The van der Waals surface area contributed by atoms with Crippen molar-refractivity contribution in [3.05, 3.63) is 77.4 Å². The van der Waals surface area contributed by atoms with Gasteiger partial charge in [-0.25, -0.2) is 5.43 Å². The highest BCUT2D eigenvalue weighted by Gasteiger charge is 2.19. The Morgan fingerprint density at radius 3 is 2.29 bits per heavy atom. The molecule has 2 amide bonds. The molecule has 10 heteroatoms. The van der Waals surface area contributed by atoms with Gasteiger partial charge in [0.15, 0.2) is 11.5 Å². The van der Waals surface area contributed by atoms with E-state index in [4.69, 9.17) is 18.9 Å². The first kappa shape index (κ1) is 26.5. The molecular formula is C28H30N4O6. The average Bonchev–Trinajstić information content (AvgIpc) is 2.97. The Hall–Kier alpha value is -4.57. The molecule has 2 N–H and O–H groups in total. The normalized spacial score (nSPS) is 13.2. The first-order chi connectivity index (χ1) is 18.5. The second kappa shape index (κ2) is 12.6. The van der Waals surface area contributed by atoms with Crippen LogP contribution in [0.3, 0.4) is 0 Å². The van der Waals surface area contributed by atoms with E-state index in [-0.39, 0.29) is 5.56 Å². The van der Waals surface area contributed by atoms with Gasteiger partial charge in [-0.05, 0) is 66.2 Å². The first-order valence-electron chi connectivity index (χ1n) is 12.0. The number of ether oxygens (including phenoxy) is 4. The van der Waals surface area contributed by atoms with Crippen LogP contribution in [0.25, 0.3) is 0 Å². The van der Waals surface area contributed by atoms with Gasteiger partial charge in [0.25, 0.3) is 11.8 Å². The summed E-state index contributed by atoms with van der Waals surface area (Å²) in [5, 5.41) is 6.94. The van der Waals surface area contributed by atoms with Gasteiger partial charge in [-0.2, -0.15) is 5.10 Å². The fraction of sp³-hybridized carbons (Fsp3) is 0.250. The number of hydrogen-bond donors (Lipinski definition) is 2. The molecule has 38 heavy (non-hydrogen) atoms. The van der Waals surface area contributed by atoms with Crippen molar-refractivity contribution in [2.24, 2.45) is 5.10 Å². The summed E-state index contributed by atoms with van der Waals surface area (Å²) in [6.07, 6.45) is 1.53. The van der Waals surface area contributed by atoms with E-state index in [1.807, 2.05) is 18.2 Å². The number of carbonyl (C=O) groups excluding carboxylic acids is 2. The lowest BCUT2D eigenvalue weighted by atomic mass is 10.1. The van der Waals surface area contributed by atoms with E-state index in [1.54, 1.807) is 49.6 Å². The molecule has 0 aliphatic carbocycles. The number of nitrogens with one attached hydrogen (secondary N) is 2. The zero-order valence-corrected chi connectivity index (χ0v) is 21.5. The Labute approximate surface area is 221 Å². The van der Waals surface area contributed by atoms with E-state index in [0.717, 1.165) is 17.0 Å². The number of amides is 2. The predicted octanol–water partition coefficient (Wildman–Crippen LogP) is 3.57. The summed E-state index contributed by atoms with van der Waals surface area (Å²) in [5.74, 6) is 0.789. The quantitative estimate of drug-likeness (QED) is 0.329. The molecule has 3 aromatic carbocycles. The molecule has 0 atom stereocenters. The topological polar surface area (TPSA) is 111 Å². The number of morpholine rings is 1. The molecule has 1 aliphatic heterocycles. The van der Waals surface area contributed by atoms with E-state index >= 15 is 0 Å². The molecule has 4 rings (SSSR count). The zero-order chi connectivity index (χ0) is 26.9. The number of benzene rings is 3. The lowest BCUT2D eigenvalue weighted by molar-refractivity contribution is 0.0956. The van der Waals surface area contributed by atoms with Crippen LogP contribution in [0, 0.1) is 0 Å². The molecular weight excluding hydrogens is 488 g/mol. The molecule has 0 saturated carbocycles. The van der Waals surface area contributed by atoms with Crippen LogP contribution < -0.4 is 29.9 Å². The van der Waals surface area contributed by atoms with Crippen LogP contribution in [0.4, 0.5) is 11.4 Å². The van der Waals surface area contributed by atoms with E-state index in [9.17, 15) is 9.59 Å². The Kier molecular flexibility index (Phi) is 8.78. The van der Waals surface area contributed by atoms with E-state index in [1.165, 1.54) is 20.4 Å². The second-order valence-electron chi connectivity index (χ2n) is 8.33. The highest BCUT2D eigenvalue weighted by molar-refractivity contribution is 6.09. The first-order valence-corrected chi connectivity index (χ1v) is 12.0. The Morgan fingerprint density at radius 1 is 0.868 bits per heavy atom. The average molecular weight is 519 g/mol. The number of methoxy groups -OCH3 is 3. The third-order valence-corrected chi connectivity index (χ3v) is 6.01. The Balaban J connectivity index is 1.57. The maximum absolute atomic E-state index is 13.2. The number of anilines is 2. The minimum absolute atomic E-state index is 0.273. The number of hydrogen-bond acceptors (Lipinski definition) is 8. The van der Waals surface area contributed by atoms with Gasteiger partial charge in [0.1, 0.15) is 5.75 Å². The fourth-order valence-corrected chi connectivity index (χ4v) is 3.93. The van der Waals surface area contributed by atoms with Gasteiger partial charge in [-0.15, -0.1) is 0 Å². The molecule has 1 heterocycles. The molecule has 3 aromatic rings. The number of carbonyl (C=O) groups is 2. The lowest BCUT2D eigenvalue weighted by Gasteiger charge is -2.29. The molecule has 0 radical (unpaired) electrons. The van der Waals surface area contributed by atoms with Gasteiger partial charge >= 0.3 is 0 Å². The largest absolute Gasteiger partial charge is 0.497 e. The summed E-state index contributed by atoms with van der Waals surface area (Å²) in [6.45, 7) is 2.61. The van der Waals surface area contributed by atoms with Crippen molar-refractivity contribution in [1.29, 1.82) is 0 Å². The van der Waals surface area contributed by atoms with Crippen molar-refractivity contribution < 1.29 is 28.5 Å². The minimum atomic E-state index is -0.465. The molecule has 0 bridgehead atoms. The van der Waals surface area contributed by atoms with Crippen molar-refractivity contribution in [3.63, 3.8) is 0 Å². The SMILES string of the molecule is COc1ccc(/C=N/NC(=O)c2cc(N3CCOCC3)ccc2NC(=O)c2ccc(OC)c(OC)c2)cc1. The molecule has 1 saturated heterocycles. The van der Waals surface area contributed by atoms with Gasteiger partial charge in [-0.3, -0.25) is 9.59 Å². The van der Waals surface area contributed by atoms with Crippen LogP contribution >= 0.6 is 0 Å². The van der Waals surface area contributed by atoms with Gasteiger partial charge in [0, 0.05) is 24.3 Å². The van der Waals surface area contributed by atoms with Crippen LogP contribution in [0.5, 0.6) is 17.2 Å². The van der Waals surface area contributed by atoms with Crippen LogP contribution in [0.2, 0.25) is 0 Å². The highest BCUT2D eigenvalue weighted by atomic mass is 16.5. The van der Waals surface area contributed by atoms with Gasteiger partial charge in [0.2, 0.25) is 0 Å². The van der Waals surface area contributed by atoms with Crippen LogP contribution in [-0.2, 0) is 4.74 Å². The summed E-state index contributed by atoms with van der Waals surface area (Å²) in [4.78, 5) is 28.4. The van der Waals surface area contributed by atoms with Gasteiger partial charge < -0.3 is 29.2 Å². The summed E-state index contributed by atoms with van der Waals surface area (Å²) in [7, 11) is 4.62.